The monoisotopic (exact) mass is 273 g/mol. The third-order valence-electron chi connectivity index (χ3n) is 2.11. The summed E-state index contributed by atoms with van der Waals surface area (Å²) in [5.74, 6) is 1.29. The Morgan fingerprint density at radius 2 is 2.00 bits per heavy atom. The summed E-state index contributed by atoms with van der Waals surface area (Å²) in [6, 6.07) is 7.61. The van der Waals surface area contributed by atoms with Gasteiger partial charge in [-0.25, -0.2) is 0 Å². The van der Waals surface area contributed by atoms with Gasteiger partial charge in [-0.15, -0.1) is 12.4 Å². The number of nitrogens with one attached hydrogen (secondary N) is 1. The van der Waals surface area contributed by atoms with Crippen LogP contribution >= 0.6 is 24.0 Å². The molecule has 6 heteroatoms. The summed E-state index contributed by atoms with van der Waals surface area (Å²) in [6.07, 6.45) is 0.657. The summed E-state index contributed by atoms with van der Waals surface area (Å²) in [5.41, 5.74) is 1.11. The predicted molar refractivity (Wildman–Crippen MR) is 68.6 cm³/mol. The molecule has 1 N–H and O–H groups in total. The molecule has 0 aliphatic rings. The van der Waals surface area contributed by atoms with Crippen LogP contribution in [0, 0.1) is 0 Å². The Morgan fingerprint density at radius 3 is 2.65 bits per heavy atom. The summed E-state index contributed by atoms with van der Waals surface area (Å²) < 4.78 is 5.05. The Morgan fingerprint density at radius 1 is 1.29 bits per heavy atom. The summed E-state index contributed by atoms with van der Waals surface area (Å²) >= 11 is 5.80. The van der Waals surface area contributed by atoms with Crippen LogP contribution in [0.3, 0.4) is 0 Å². The molecule has 0 radical (unpaired) electrons. The second kappa shape index (κ2) is 6.59. The topological polar surface area (TPSA) is 51.0 Å². The van der Waals surface area contributed by atoms with Gasteiger partial charge < -0.3 is 9.84 Å². The van der Waals surface area contributed by atoms with Gasteiger partial charge in [0.05, 0.1) is 6.54 Å². The standard InChI is InChI=1S/C11H12ClN3O.ClH/c1-13-7-11-14-10(15-16-11)6-8-2-4-9(12)5-3-8;/h2-5,13H,6-7H2,1H3;1H. The third kappa shape index (κ3) is 4.00. The van der Waals surface area contributed by atoms with E-state index >= 15 is 0 Å². The second-order valence-electron chi connectivity index (χ2n) is 3.44. The van der Waals surface area contributed by atoms with Crippen LogP contribution < -0.4 is 5.32 Å². The van der Waals surface area contributed by atoms with Crippen LogP contribution in [-0.4, -0.2) is 17.2 Å². The normalized spacial score (nSPS) is 10.0. The average molecular weight is 274 g/mol. The molecule has 0 atom stereocenters. The van der Waals surface area contributed by atoms with Crippen LogP contribution in [0.4, 0.5) is 0 Å². The quantitative estimate of drug-likeness (QED) is 0.930. The molecule has 0 aliphatic carbocycles. The van der Waals surface area contributed by atoms with E-state index in [1.54, 1.807) is 0 Å². The smallest absolute Gasteiger partial charge is 0.240 e. The van der Waals surface area contributed by atoms with Crippen molar-refractivity contribution in [2.75, 3.05) is 7.05 Å². The third-order valence-corrected chi connectivity index (χ3v) is 2.37. The molecule has 1 heterocycles. The highest BCUT2D eigenvalue weighted by Gasteiger charge is 2.05. The van der Waals surface area contributed by atoms with Gasteiger partial charge in [0, 0.05) is 11.4 Å². The Labute approximate surface area is 111 Å². The minimum atomic E-state index is 0. The predicted octanol–water partition coefficient (Wildman–Crippen LogP) is 2.46. The fourth-order valence-electron chi connectivity index (χ4n) is 1.37. The minimum absolute atomic E-state index is 0. The first-order valence-corrected chi connectivity index (χ1v) is 5.36. The minimum Gasteiger partial charge on any atom is -0.338 e. The molecule has 92 valence electrons. The highest BCUT2D eigenvalue weighted by atomic mass is 35.5. The van der Waals surface area contributed by atoms with E-state index < -0.39 is 0 Å². The number of halogens is 2. The van der Waals surface area contributed by atoms with Crippen LogP contribution in [0.5, 0.6) is 0 Å². The molecule has 4 nitrogen and oxygen atoms in total. The lowest BCUT2D eigenvalue weighted by molar-refractivity contribution is 0.367. The van der Waals surface area contributed by atoms with Gasteiger partial charge in [0.2, 0.25) is 5.89 Å². The van der Waals surface area contributed by atoms with Crippen molar-refractivity contribution in [3.63, 3.8) is 0 Å². The van der Waals surface area contributed by atoms with E-state index in [2.05, 4.69) is 15.5 Å². The van der Waals surface area contributed by atoms with Gasteiger partial charge in [0.15, 0.2) is 5.82 Å². The molecule has 0 spiro atoms. The number of hydrogen-bond acceptors (Lipinski definition) is 4. The molecule has 2 rings (SSSR count). The number of aromatic nitrogens is 2. The average Bonchev–Trinajstić information content (AvgIpc) is 2.70. The summed E-state index contributed by atoms with van der Waals surface area (Å²) in [7, 11) is 1.84. The summed E-state index contributed by atoms with van der Waals surface area (Å²) in [5, 5.41) is 7.58. The largest absolute Gasteiger partial charge is 0.338 e. The lowest BCUT2D eigenvalue weighted by atomic mass is 10.1. The van der Waals surface area contributed by atoms with Gasteiger partial charge in [0.25, 0.3) is 0 Å². The van der Waals surface area contributed by atoms with Gasteiger partial charge in [-0.05, 0) is 24.7 Å². The van der Waals surface area contributed by atoms with Gasteiger partial charge in [-0.3, -0.25) is 0 Å². The zero-order chi connectivity index (χ0) is 11.4. The first kappa shape index (κ1) is 14.0. The molecule has 0 saturated heterocycles. The van der Waals surface area contributed by atoms with Crippen LogP contribution in [0.2, 0.25) is 5.02 Å². The van der Waals surface area contributed by atoms with Crippen molar-refractivity contribution in [2.45, 2.75) is 13.0 Å². The molecule has 1 aromatic heterocycles. The van der Waals surface area contributed by atoms with Crippen LogP contribution in [0.25, 0.3) is 0 Å². The van der Waals surface area contributed by atoms with Crippen LogP contribution in [0.15, 0.2) is 28.8 Å². The molecular weight excluding hydrogens is 261 g/mol. The summed E-state index contributed by atoms with van der Waals surface area (Å²) in [4.78, 5) is 4.24. The molecule has 0 bridgehead atoms. The maximum atomic E-state index is 5.80. The van der Waals surface area contributed by atoms with Crippen LogP contribution in [-0.2, 0) is 13.0 Å². The van der Waals surface area contributed by atoms with E-state index in [9.17, 15) is 0 Å². The number of benzene rings is 1. The van der Waals surface area contributed by atoms with E-state index in [-0.39, 0.29) is 12.4 Å². The lowest BCUT2D eigenvalue weighted by Crippen LogP contribution is -2.05. The molecule has 17 heavy (non-hydrogen) atoms. The molecular formula is C11H13Cl2N3O. The SMILES string of the molecule is CNCc1nc(Cc2ccc(Cl)cc2)no1.Cl. The van der Waals surface area contributed by atoms with Crippen molar-refractivity contribution in [1.29, 1.82) is 0 Å². The van der Waals surface area contributed by atoms with E-state index in [4.69, 9.17) is 16.1 Å². The Balaban J connectivity index is 0.00000144. The van der Waals surface area contributed by atoms with Crippen molar-refractivity contribution in [1.82, 2.24) is 15.5 Å². The number of nitrogens with zero attached hydrogens (tertiary/aromatic N) is 2. The molecule has 0 aliphatic heterocycles. The Kier molecular flexibility index (Phi) is 5.41. The molecule has 0 amide bonds. The maximum Gasteiger partial charge on any atom is 0.240 e. The lowest BCUT2D eigenvalue weighted by Gasteiger charge is -1.96. The first-order chi connectivity index (χ1) is 7.78. The fraction of sp³-hybridized carbons (Fsp3) is 0.273. The number of hydrogen-bond donors (Lipinski definition) is 1. The van der Waals surface area contributed by atoms with E-state index in [1.165, 1.54) is 0 Å². The van der Waals surface area contributed by atoms with Gasteiger partial charge in [-0.2, -0.15) is 4.98 Å². The van der Waals surface area contributed by atoms with Gasteiger partial charge in [0.1, 0.15) is 0 Å². The zero-order valence-electron chi connectivity index (χ0n) is 9.31. The fourth-order valence-corrected chi connectivity index (χ4v) is 1.50. The van der Waals surface area contributed by atoms with E-state index in [0.717, 1.165) is 10.6 Å². The molecule has 1 aromatic carbocycles. The summed E-state index contributed by atoms with van der Waals surface area (Å²) in [6.45, 7) is 0.591. The number of rotatable bonds is 4. The van der Waals surface area contributed by atoms with Gasteiger partial charge >= 0.3 is 0 Å². The van der Waals surface area contributed by atoms with Gasteiger partial charge in [-0.1, -0.05) is 28.9 Å². The molecule has 0 fully saturated rings. The second-order valence-corrected chi connectivity index (χ2v) is 3.87. The molecule has 0 unspecified atom stereocenters. The highest BCUT2D eigenvalue weighted by molar-refractivity contribution is 6.30. The Hall–Kier alpha value is -1.10. The van der Waals surface area contributed by atoms with Crippen molar-refractivity contribution in [3.05, 3.63) is 46.6 Å². The van der Waals surface area contributed by atoms with Crippen molar-refractivity contribution in [2.24, 2.45) is 0 Å². The van der Waals surface area contributed by atoms with Crippen molar-refractivity contribution < 1.29 is 4.52 Å². The van der Waals surface area contributed by atoms with E-state index in [0.29, 0.717) is 24.7 Å². The first-order valence-electron chi connectivity index (χ1n) is 4.98. The maximum absolute atomic E-state index is 5.80. The van der Waals surface area contributed by atoms with Crippen molar-refractivity contribution >= 4 is 24.0 Å². The Bertz CT molecular complexity index is 456. The van der Waals surface area contributed by atoms with Crippen molar-refractivity contribution in [3.8, 4) is 0 Å². The van der Waals surface area contributed by atoms with E-state index in [1.807, 2.05) is 31.3 Å². The zero-order valence-corrected chi connectivity index (χ0v) is 10.9. The molecule has 2 aromatic rings. The molecule has 0 saturated carbocycles. The highest BCUT2D eigenvalue weighted by Crippen LogP contribution is 2.12. The van der Waals surface area contributed by atoms with Crippen LogP contribution in [0.1, 0.15) is 17.3 Å².